The second-order valence-corrected chi connectivity index (χ2v) is 6.77. The van der Waals surface area contributed by atoms with Gasteiger partial charge in [0.25, 0.3) is 0 Å². The summed E-state index contributed by atoms with van der Waals surface area (Å²) < 4.78 is 10.8. The van der Waals surface area contributed by atoms with E-state index in [1.54, 1.807) is 14.2 Å². The van der Waals surface area contributed by atoms with Crippen LogP contribution in [0.2, 0.25) is 5.02 Å². The van der Waals surface area contributed by atoms with E-state index in [-0.39, 0.29) is 35.4 Å². The molecule has 0 spiro atoms. The van der Waals surface area contributed by atoms with E-state index in [2.05, 4.69) is 34.7 Å². The lowest BCUT2D eigenvalue weighted by atomic mass is 9.74. The standard InChI is InChI=1S/C18H28ClN3O2.HI/c1-14(12-23-3)22-17(20-2)21-13-18(7-9-24-10-8-18)15-5-4-6-16(19)11-15;/h4-6,11,14H,7-10,12-13H2,1-3H3,(H2,20,21,22);1H. The van der Waals surface area contributed by atoms with Gasteiger partial charge in [-0.3, -0.25) is 4.99 Å². The van der Waals surface area contributed by atoms with Crippen molar-refractivity contribution in [2.24, 2.45) is 4.99 Å². The highest BCUT2D eigenvalue weighted by molar-refractivity contribution is 14.0. The molecule has 7 heteroatoms. The molecule has 25 heavy (non-hydrogen) atoms. The fourth-order valence-electron chi connectivity index (χ4n) is 3.12. The van der Waals surface area contributed by atoms with Crippen LogP contribution in [0.1, 0.15) is 25.3 Å². The van der Waals surface area contributed by atoms with Gasteiger partial charge in [0.05, 0.1) is 6.61 Å². The Labute approximate surface area is 172 Å². The van der Waals surface area contributed by atoms with Gasteiger partial charge < -0.3 is 20.1 Å². The zero-order valence-electron chi connectivity index (χ0n) is 15.2. The Kier molecular flexibility index (Phi) is 10.1. The zero-order valence-corrected chi connectivity index (χ0v) is 18.3. The molecule has 0 aliphatic carbocycles. The molecular weight excluding hydrogens is 453 g/mol. The van der Waals surface area contributed by atoms with Gasteiger partial charge in [-0.1, -0.05) is 23.7 Å². The van der Waals surface area contributed by atoms with Crippen LogP contribution in [0.15, 0.2) is 29.3 Å². The van der Waals surface area contributed by atoms with Gasteiger partial charge in [-0.05, 0) is 37.5 Å². The van der Waals surface area contributed by atoms with Gasteiger partial charge in [-0.15, -0.1) is 24.0 Å². The Morgan fingerprint density at radius 3 is 2.72 bits per heavy atom. The molecule has 1 heterocycles. The molecule has 1 aromatic carbocycles. The van der Waals surface area contributed by atoms with Crippen LogP contribution in [0, 0.1) is 0 Å². The molecule has 0 saturated carbocycles. The van der Waals surface area contributed by atoms with Gasteiger partial charge >= 0.3 is 0 Å². The lowest BCUT2D eigenvalue weighted by Crippen LogP contribution is -2.50. The number of nitrogens with one attached hydrogen (secondary N) is 2. The number of halogens is 2. The monoisotopic (exact) mass is 481 g/mol. The van der Waals surface area contributed by atoms with Crippen molar-refractivity contribution in [1.29, 1.82) is 0 Å². The Hall–Kier alpha value is -0.570. The molecule has 1 unspecified atom stereocenters. The number of rotatable bonds is 6. The maximum Gasteiger partial charge on any atom is 0.191 e. The van der Waals surface area contributed by atoms with E-state index in [1.807, 2.05) is 12.1 Å². The molecule has 1 atom stereocenters. The fraction of sp³-hybridized carbons (Fsp3) is 0.611. The molecule has 2 rings (SSSR count). The molecule has 0 radical (unpaired) electrons. The minimum absolute atomic E-state index is 0. The molecule has 1 aliphatic rings. The second-order valence-electron chi connectivity index (χ2n) is 6.33. The van der Waals surface area contributed by atoms with Crippen LogP contribution in [-0.4, -0.2) is 52.5 Å². The van der Waals surface area contributed by atoms with Crippen molar-refractivity contribution in [3.8, 4) is 0 Å². The average Bonchev–Trinajstić information content (AvgIpc) is 2.59. The highest BCUT2D eigenvalue weighted by Crippen LogP contribution is 2.35. The van der Waals surface area contributed by atoms with Crippen molar-refractivity contribution in [2.45, 2.75) is 31.2 Å². The first kappa shape index (κ1) is 22.5. The molecule has 0 amide bonds. The highest BCUT2D eigenvalue weighted by atomic mass is 127. The van der Waals surface area contributed by atoms with Crippen LogP contribution in [0.3, 0.4) is 0 Å². The molecule has 0 bridgehead atoms. The molecule has 142 valence electrons. The van der Waals surface area contributed by atoms with Gasteiger partial charge in [0, 0.05) is 50.4 Å². The van der Waals surface area contributed by atoms with E-state index in [9.17, 15) is 0 Å². The first-order valence-corrected chi connectivity index (χ1v) is 8.77. The van der Waals surface area contributed by atoms with Crippen molar-refractivity contribution in [2.75, 3.05) is 40.5 Å². The lowest BCUT2D eigenvalue weighted by molar-refractivity contribution is 0.0513. The summed E-state index contributed by atoms with van der Waals surface area (Å²) in [6.45, 7) is 5.02. The number of guanidine groups is 1. The summed E-state index contributed by atoms with van der Waals surface area (Å²) in [6.07, 6.45) is 1.93. The van der Waals surface area contributed by atoms with E-state index in [0.717, 1.165) is 43.6 Å². The van der Waals surface area contributed by atoms with E-state index >= 15 is 0 Å². The molecule has 2 N–H and O–H groups in total. The largest absolute Gasteiger partial charge is 0.383 e. The topological polar surface area (TPSA) is 54.9 Å². The van der Waals surface area contributed by atoms with Crippen molar-refractivity contribution < 1.29 is 9.47 Å². The summed E-state index contributed by atoms with van der Waals surface area (Å²) in [5.74, 6) is 0.785. The minimum Gasteiger partial charge on any atom is -0.383 e. The van der Waals surface area contributed by atoms with E-state index in [4.69, 9.17) is 21.1 Å². The number of hydrogen-bond donors (Lipinski definition) is 2. The quantitative estimate of drug-likeness (QED) is 0.372. The summed E-state index contributed by atoms with van der Waals surface area (Å²) in [5, 5.41) is 7.59. The maximum atomic E-state index is 6.22. The number of aliphatic imine (C=N–C) groups is 1. The number of hydrogen-bond acceptors (Lipinski definition) is 3. The van der Waals surface area contributed by atoms with Gasteiger partial charge in [-0.2, -0.15) is 0 Å². The van der Waals surface area contributed by atoms with Crippen LogP contribution < -0.4 is 10.6 Å². The van der Waals surface area contributed by atoms with Crippen LogP contribution >= 0.6 is 35.6 Å². The number of benzene rings is 1. The summed E-state index contributed by atoms with van der Waals surface area (Å²) in [6, 6.07) is 8.35. The Bertz CT molecular complexity index is 551. The Balaban J connectivity index is 0.00000312. The van der Waals surface area contributed by atoms with Crippen molar-refractivity contribution in [1.82, 2.24) is 10.6 Å². The third kappa shape index (κ3) is 6.58. The summed E-state index contributed by atoms with van der Waals surface area (Å²) in [7, 11) is 3.48. The number of ether oxygens (including phenoxy) is 2. The normalized spacial score (nSPS) is 18.2. The van der Waals surface area contributed by atoms with E-state index in [1.165, 1.54) is 5.56 Å². The predicted octanol–water partition coefficient (Wildman–Crippen LogP) is 3.21. The van der Waals surface area contributed by atoms with Crippen LogP contribution in [0.4, 0.5) is 0 Å². The minimum atomic E-state index is 0. The summed E-state index contributed by atoms with van der Waals surface area (Å²) in [5.41, 5.74) is 1.26. The molecule has 1 aliphatic heterocycles. The SMILES string of the molecule is CN=C(NCC1(c2cccc(Cl)c2)CCOCC1)NC(C)COC.I. The van der Waals surface area contributed by atoms with Gasteiger partial charge in [0.2, 0.25) is 0 Å². The first-order valence-electron chi connectivity index (χ1n) is 8.39. The van der Waals surface area contributed by atoms with Gasteiger partial charge in [0.15, 0.2) is 5.96 Å². The molecule has 1 aromatic rings. The smallest absolute Gasteiger partial charge is 0.191 e. The average molecular weight is 482 g/mol. The van der Waals surface area contributed by atoms with E-state index in [0.29, 0.717) is 6.61 Å². The molecule has 1 saturated heterocycles. The number of methoxy groups -OCH3 is 1. The Morgan fingerprint density at radius 1 is 1.40 bits per heavy atom. The molecule has 5 nitrogen and oxygen atoms in total. The van der Waals surface area contributed by atoms with Crippen molar-refractivity contribution >= 4 is 41.5 Å². The lowest BCUT2D eigenvalue weighted by Gasteiger charge is -2.38. The first-order chi connectivity index (χ1) is 11.6. The Morgan fingerprint density at radius 2 is 2.12 bits per heavy atom. The third-order valence-corrected chi connectivity index (χ3v) is 4.74. The van der Waals surface area contributed by atoms with E-state index < -0.39 is 0 Å². The molecule has 0 aromatic heterocycles. The van der Waals surface area contributed by atoms with Crippen molar-refractivity contribution in [3.05, 3.63) is 34.9 Å². The van der Waals surface area contributed by atoms with Gasteiger partial charge in [-0.25, -0.2) is 0 Å². The number of nitrogens with zero attached hydrogens (tertiary/aromatic N) is 1. The summed E-state index contributed by atoms with van der Waals surface area (Å²) >= 11 is 6.22. The summed E-state index contributed by atoms with van der Waals surface area (Å²) in [4.78, 5) is 4.32. The van der Waals surface area contributed by atoms with Crippen LogP contribution in [0.5, 0.6) is 0 Å². The fourth-order valence-corrected chi connectivity index (χ4v) is 3.31. The van der Waals surface area contributed by atoms with Crippen molar-refractivity contribution in [3.63, 3.8) is 0 Å². The highest BCUT2D eigenvalue weighted by Gasteiger charge is 2.34. The van der Waals surface area contributed by atoms with Crippen LogP contribution in [-0.2, 0) is 14.9 Å². The molecular formula is C18H29ClIN3O2. The third-order valence-electron chi connectivity index (χ3n) is 4.50. The zero-order chi connectivity index (χ0) is 17.4. The second kappa shape index (κ2) is 11.2. The molecule has 1 fully saturated rings. The maximum absolute atomic E-state index is 6.22. The van der Waals surface area contributed by atoms with Gasteiger partial charge in [0.1, 0.15) is 0 Å². The predicted molar refractivity (Wildman–Crippen MR) is 114 cm³/mol. The van der Waals surface area contributed by atoms with Crippen LogP contribution in [0.25, 0.3) is 0 Å².